The Labute approximate surface area is 182 Å². The molecule has 0 radical (unpaired) electrons. The standard InChI is InChI=1S/C21H26ClN3O4S/c1-15-8-7-10-18(12-15)25(30(4,28)29)14-20(26)24(16(2)21(27)23-3)13-17-9-5-6-11-19(17)22/h5-12,16H,13-14H2,1-4H3,(H,23,27). The lowest BCUT2D eigenvalue weighted by atomic mass is 10.1. The van der Waals surface area contributed by atoms with Crippen molar-refractivity contribution in [2.75, 3.05) is 24.2 Å². The minimum absolute atomic E-state index is 0.0680. The van der Waals surface area contributed by atoms with Gasteiger partial charge in [-0.3, -0.25) is 13.9 Å². The fourth-order valence-electron chi connectivity index (χ4n) is 3.00. The summed E-state index contributed by atoms with van der Waals surface area (Å²) in [6.45, 7) is 3.06. The maximum Gasteiger partial charge on any atom is 0.244 e. The monoisotopic (exact) mass is 451 g/mol. The molecule has 0 aliphatic rings. The van der Waals surface area contributed by atoms with Crippen LogP contribution in [-0.4, -0.2) is 51.0 Å². The summed E-state index contributed by atoms with van der Waals surface area (Å²) in [6, 6.07) is 13.1. The quantitative estimate of drug-likeness (QED) is 0.668. The van der Waals surface area contributed by atoms with Gasteiger partial charge in [0.25, 0.3) is 0 Å². The number of nitrogens with one attached hydrogen (secondary N) is 1. The van der Waals surface area contributed by atoms with Gasteiger partial charge in [-0.1, -0.05) is 41.9 Å². The van der Waals surface area contributed by atoms with E-state index in [1.807, 2.05) is 13.0 Å². The van der Waals surface area contributed by atoms with Gasteiger partial charge in [-0.2, -0.15) is 0 Å². The van der Waals surface area contributed by atoms with Crippen molar-refractivity contribution in [3.8, 4) is 0 Å². The van der Waals surface area contributed by atoms with Gasteiger partial charge in [0.05, 0.1) is 11.9 Å². The van der Waals surface area contributed by atoms with Crippen molar-refractivity contribution in [1.82, 2.24) is 10.2 Å². The molecule has 0 saturated carbocycles. The Balaban J connectivity index is 2.40. The summed E-state index contributed by atoms with van der Waals surface area (Å²) >= 11 is 6.24. The normalized spacial score (nSPS) is 12.2. The highest BCUT2D eigenvalue weighted by Crippen LogP contribution is 2.22. The van der Waals surface area contributed by atoms with E-state index in [0.717, 1.165) is 16.1 Å². The molecule has 0 aliphatic carbocycles. The molecule has 0 saturated heterocycles. The molecule has 2 aromatic carbocycles. The molecule has 9 heteroatoms. The number of rotatable bonds is 8. The average molecular weight is 452 g/mol. The second-order valence-corrected chi connectivity index (χ2v) is 9.33. The van der Waals surface area contributed by atoms with Crippen LogP contribution in [0, 0.1) is 6.92 Å². The molecule has 0 fully saturated rings. The Morgan fingerprint density at radius 3 is 2.37 bits per heavy atom. The Kier molecular flexibility index (Phi) is 7.86. The van der Waals surface area contributed by atoms with Crippen LogP contribution in [-0.2, 0) is 26.2 Å². The van der Waals surface area contributed by atoms with Crippen LogP contribution in [0.4, 0.5) is 5.69 Å². The van der Waals surface area contributed by atoms with Gasteiger partial charge in [0.1, 0.15) is 12.6 Å². The van der Waals surface area contributed by atoms with Crippen LogP contribution in [0.3, 0.4) is 0 Å². The molecule has 2 rings (SSSR count). The number of likely N-dealkylation sites (N-methyl/N-ethyl adjacent to an activating group) is 1. The second-order valence-electron chi connectivity index (χ2n) is 7.01. The second kappa shape index (κ2) is 9.95. The molecular weight excluding hydrogens is 426 g/mol. The summed E-state index contributed by atoms with van der Waals surface area (Å²) in [4.78, 5) is 26.8. The number of carbonyl (C=O) groups is 2. The Hall–Kier alpha value is -2.58. The summed E-state index contributed by atoms with van der Waals surface area (Å²) in [5, 5.41) is 2.98. The van der Waals surface area contributed by atoms with Crippen LogP contribution in [0.1, 0.15) is 18.1 Å². The number of aryl methyl sites for hydroxylation is 1. The van der Waals surface area contributed by atoms with Crippen LogP contribution < -0.4 is 9.62 Å². The van der Waals surface area contributed by atoms with E-state index in [1.165, 1.54) is 11.9 Å². The third-order valence-electron chi connectivity index (χ3n) is 4.68. The third-order valence-corrected chi connectivity index (χ3v) is 6.19. The topological polar surface area (TPSA) is 86.8 Å². The smallest absolute Gasteiger partial charge is 0.244 e. The molecule has 2 aromatic rings. The highest BCUT2D eigenvalue weighted by atomic mass is 35.5. The summed E-state index contributed by atoms with van der Waals surface area (Å²) < 4.78 is 25.9. The van der Waals surface area contributed by atoms with Gasteiger partial charge in [-0.15, -0.1) is 0 Å². The minimum Gasteiger partial charge on any atom is -0.357 e. The van der Waals surface area contributed by atoms with E-state index < -0.39 is 28.5 Å². The average Bonchev–Trinajstić information content (AvgIpc) is 2.69. The van der Waals surface area contributed by atoms with Crippen LogP contribution in [0.25, 0.3) is 0 Å². The number of carbonyl (C=O) groups excluding carboxylic acids is 2. The maximum atomic E-state index is 13.2. The summed E-state index contributed by atoms with van der Waals surface area (Å²) in [6.07, 6.45) is 1.04. The van der Waals surface area contributed by atoms with E-state index >= 15 is 0 Å². The van der Waals surface area contributed by atoms with Crippen LogP contribution >= 0.6 is 11.6 Å². The highest BCUT2D eigenvalue weighted by molar-refractivity contribution is 7.92. The summed E-state index contributed by atoms with van der Waals surface area (Å²) in [5.41, 5.74) is 1.90. The van der Waals surface area contributed by atoms with Gasteiger partial charge in [-0.25, -0.2) is 8.42 Å². The van der Waals surface area contributed by atoms with Crippen LogP contribution in [0.2, 0.25) is 5.02 Å². The number of anilines is 1. The Morgan fingerprint density at radius 1 is 1.13 bits per heavy atom. The zero-order valence-electron chi connectivity index (χ0n) is 17.4. The molecule has 30 heavy (non-hydrogen) atoms. The fourth-order valence-corrected chi connectivity index (χ4v) is 4.04. The molecular formula is C21H26ClN3O4S. The minimum atomic E-state index is -3.74. The van der Waals surface area contributed by atoms with Gasteiger partial charge >= 0.3 is 0 Å². The fraction of sp³-hybridized carbons (Fsp3) is 0.333. The number of sulfonamides is 1. The first-order chi connectivity index (χ1) is 14.0. The number of amides is 2. The maximum absolute atomic E-state index is 13.2. The molecule has 2 amide bonds. The van der Waals surface area contributed by atoms with Crippen molar-refractivity contribution in [3.05, 3.63) is 64.7 Å². The predicted octanol–water partition coefficient (Wildman–Crippen LogP) is 2.58. The zero-order valence-corrected chi connectivity index (χ0v) is 19.0. The summed E-state index contributed by atoms with van der Waals surface area (Å²) in [5.74, 6) is -0.880. The number of benzene rings is 2. The Morgan fingerprint density at radius 2 is 1.80 bits per heavy atom. The van der Waals surface area contributed by atoms with Crippen molar-refractivity contribution in [2.24, 2.45) is 0 Å². The van der Waals surface area contributed by atoms with Gasteiger partial charge in [-0.05, 0) is 43.2 Å². The van der Waals surface area contributed by atoms with Crippen molar-refractivity contribution in [1.29, 1.82) is 0 Å². The number of nitrogens with zero attached hydrogens (tertiary/aromatic N) is 2. The molecule has 0 heterocycles. The molecule has 7 nitrogen and oxygen atoms in total. The molecule has 0 bridgehead atoms. The first-order valence-electron chi connectivity index (χ1n) is 9.33. The van der Waals surface area contributed by atoms with Gasteiger partial charge < -0.3 is 10.2 Å². The molecule has 0 aromatic heterocycles. The predicted molar refractivity (Wildman–Crippen MR) is 119 cm³/mol. The van der Waals surface area contributed by atoms with Crippen LogP contribution in [0.5, 0.6) is 0 Å². The molecule has 0 spiro atoms. The van der Waals surface area contributed by atoms with Gasteiger partial charge in [0, 0.05) is 18.6 Å². The first-order valence-corrected chi connectivity index (χ1v) is 11.6. The number of halogens is 1. The zero-order chi connectivity index (χ0) is 22.5. The van der Waals surface area contributed by atoms with Crippen molar-refractivity contribution in [2.45, 2.75) is 26.4 Å². The van der Waals surface area contributed by atoms with Crippen molar-refractivity contribution < 1.29 is 18.0 Å². The van der Waals surface area contributed by atoms with Crippen molar-refractivity contribution in [3.63, 3.8) is 0 Å². The molecule has 162 valence electrons. The molecule has 1 N–H and O–H groups in total. The van der Waals surface area contributed by atoms with E-state index in [0.29, 0.717) is 16.3 Å². The van der Waals surface area contributed by atoms with E-state index in [1.54, 1.807) is 49.4 Å². The van der Waals surface area contributed by atoms with E-state index in [9.17, 15) is 18.0 Å². The van der Waals surface area contributed by atoms with Gasteiger partial charge in [0.2, 0.25) is 21.8 Å². The van der Waals surface area contributed by atoms with Gasteiger partial charge in [0.15, 0.2) is 0 Å². The lowest BCUT2D eigenvalue weighted by Gasteiger charge is -2.31. The highest BCUT2D eigenvalue weighted by Gasteiger charge is 2.30. The van der Waals surface area contributed by atoms with E-state index in [2.05, 4.69) is 5.32 Å². The lowest BCUT2D eigenvalue weighted by Crippen LogP contribution is -2.50. The molecule has 1 unspecified atom stereocenters. The number of hydrogen-bond acceptors (Lipinski definition) is 4. The van der Waals surface area contributed by atoms with Crippen LogP contribution in [0.15, 0.2) is 48.5 Å². The van der Waals surface area contributed by atoms with E-state index in [-0.39, 0.29) is 12.5 Å². The number of hydrogen-bond donors (Lipinski definition) is 1. The SMILES string of the molecule is CNC(=O)C(C)N(Cc1ccccc1Cl)C(=O)CN(c1cccc(C)c1)S(C)(=O)=O. The summed E-state index contributed by atoms with van der Waals surface area (Å²) in [7, 11) is -2.26. The largest absolute Gasteiger partial charge is 0.357 e. The first kappa shape index (κ1) is 23.7. The lowest BCUT2D eigenvalue weighted by molar-refractivity contribution is -0.139. The molecule has 1 atom stereocenters. The van der Waals surface area contributed by atoms with Crippen molar-refractivity contribution >= 4 is 39.1 Å². The van der Waals surface area contributed by atoms with E-state index in [4.69, 9.17) is 11.6 Å². The molecule has 0 aliphatic heterocycles. The Bertz CT molecular complexity index is 1030. The third kappa shape index (κ3) is 5.96.